The Bertz CT molecular complexity index is 1150. The summed E-state index contributed by atoms with van der Waals surface area (Å²) >= 11 is 0. The second kappa shape index (κ2) is 9.05. The van der Waals surface area contributed by atoms with Crippen LogP contribution in [0.25, 0.3) is 10.9 Å². The number of amides is 1. The first-order valence-corrected chi connectivity index (χ1v) is 9.70. The van der Waals surface area contributed by atoms with E-state index in [0.29, 0.717) is 12.1 Å². The number of fused-ring (bicyclic) bond motifs is 1. The summed E-state index contributed by atoms with van der Waals surface area (Å²) in [6.07, 6.45) is 5.76. The summed E-state index contributed by atoms with van der Waals surface area (Å²) in [5.74, 6) is 0.662. The van der Waals surface area contributed by atoms with Gasteiger partial charge in [0.2, 0.25) is 0 Å². The number of methoxy groups -OCH3 is 1. The fourth-order valence-corrected chi connectivity index (χ4v) is 3.21. The fourth-order valence-electron chi connectivity index (χ4n) is 3.21. The fraction of sp³-hybridized carbons (Fsp3) is 0.125. The third-order valence-electron chi connectivity index (χ3n) is 4.77. The van der Waals surface area contributed by atoms with Crippen molar-refractivity contribution in [2.24, 2.45) is 0 Å². The molecule has 2 aromatic carbocycles. The van der Waals surface area contributed by atoms with Crippen molar-refractivity contribution in [3.63, 3.8) is 0 Å². The molecule has 30 heavy (non-hydrogen) atoms. The van der Waals surface area contributed by atoms with E-state index in [2.05, 4.69) is 20.6 Å². The minimum absolute atomic E-state index is 0.157. The molecule has 0 aliphatic heterocycles. The number of carbonyl (C=O) groups is 1. The van der Waals surface area contributed by atoms with Gasteiger partial charge in [0, 0.05) is 24.3 Å². The van der Waals surface area contributed by atoms with E-state index in [-0.39, 0.29) is 5.91 Å². The number of hydrogen-bond donors (Lipinski definition) is 2. The van der Waals surface area contributed by atoms with E-state index in [1.807, 2.05) is 54.6 Å². The van der Waals surface area contributed by atoms with Crippen molar-refractivity contribution in [1.29, 1.82) is 0 Å². The van der Waals surface area contributed by atoms with Gasteiger partial charge in [0.05, 0.1) is 35.8 Å². The zero-order valence-corrected chi connectivity index (χ0v) is 16.6. The number of rotatable bonds is 7. The molecule has 0 saturated heterocycles. The van der Waals surface area contributed by atoms with Crippen molar-refractivity contribution in [2.75, 3.05) is 19.0 Å². The molecular weight excluding hydrogens is 376 g/mol. The van der Waals surface area contributed by atoms with Gasteiger partial charge in [-0.25, -0.2) is 0 Å². The molecule has 4 rings (SSSR count). The maximum Gasteiger partial charge on any atom is 0.252 e. The second-order valence-electron chi connectivity index (χ2n) is 6.82. The van der Waals surface area contributed by atoms with Crippen molar-refractivity contribution in [3.8, 4) is 5.75 Å². The Balaban J connectivity index is 1.40. The van der Waals surface area contributed by atoms with Crippen LogP contribution < -0.4 is 15.4 Å². The van der Waals surface area contributed by atoms with Crippen LogP contribution in [0.2, 0.25) is 0 Å². The molecule has 0 spiro atoms. The number of carbonyl (C=O) groups excluding carboxylic acids is 1. The molecule has 6 nitrogen and oxygen atoms in total. The Kier molecular flexibility index (Phi) is 5.85. The molecule has 0 aliphatic rings. The molecule has 0 radical (unpaired) electrons. The standard InChI is InChI=1S/C24H22N4O2/c1-30-21-9-7-17(8-10-21)11-13-27-24(29)19-14-20(16-25-15-19)28-22-6-2-4-18-5-3-12-26-23(18)22/h2-10,12,14-16,28H,11,13H2,1H3,(H,27,29). The molecular formula is C24H22N4O2. The Hall–Kier alpha value is -3.93. The highest BCUT2D eigenvalue weighted by atomic mass is 16.5. The lowest BCUT2D eigenvalue weighted by molar-refractivity contribution is 0.0954. The van der Waals surface area contributed by atoms with E-state index >= 15 is 0 Å². The topological polar surface area (TPSA) is 76.1 Å². The first-order valence-electron chi connectivity index (χ1n) is 9.70. The van der Waals surface area contributed by atoms with Crippen LogP contribution in [0.5, 0.6) is 5.75 Å². The highest BCUT2D eigenvalue weighted by molar-refractivity contribution is 5.96. The minimum Gasteiger partial charge on any atom is -0.497 e. The first-order chi connectivity index (χ1) is 14.7. The molecule has 2 heterocycles. The number of ether oxygens (including phenoxy) is 1. The van der Waals surface area contributed by atoms with Crippen LogP contribution in [0.3, 0.4) is 0 Å². The lowest BCUT2D eigenvalue weighted by Crippen LogP contribution is -2.25. The summed E-state index contributed by atoms with van der Waals surface area (Å²) in [4.78, 5) is 21.2. The van der Waals surface area contributed by atoms with Gasteiger partial charge >= 0.3 is 0 Å². The summed E-state index contributed by atoms with van der Waals surface area (Å²) in [5, 5.41) is 7.31. The van der Waals surface area contributed by atoms with E-state index in [0.717, 1.165) is 40.0 Å². The molecule has 0 fully saturated rings. The number of hydrogen-bond acceptors (Lipinski definition) is 5. The summed E-state index contributed by atoms with van der Waals surface area (Å²) in [6.45, 7) is 0.538. The van der Waals surface area contributed by atoms with E-state index in [4.69, 9.17) is 4.74 Å². The monoisotopic (exact) mass is 398 g/mol. The predicted molar refractivity (Wildman–Crippen MR) is 118 cm³/mol. The largest absolute Gasteiger partial charge is 0.497 e. The Morgan fingerprint density at radius 2 is 1.87 bits per heavy atom. The lowest BCUT2D eigenvalue weighted by atomic mass is 10.1. The van der Waals surface area contributed by atoms with Crippen molar-refractivity contribution in [3.05, 3.63) is 90.4 Å². The number of aromatic nitrogens is 2. The molecule has 0 saturated carbocycles. The Labute approximate surface area is 175 Å². The van der Waals surface area contributed by atoms with Gasteiger partial charge in [0.25, 0.3) is 5.91 Å². The number of benzene rings is 2. The number of nitrogens with one attached hydrogen (secondary N) is 2. The van der Waals surface area contributed by atoms with Crippen LogP contribution in [-0.4, -0.2) is 29.5 Å². The van der Waals surface area contributed by atoms with Crippen LogP contribution >= 0.6 is 0 Å². The van der Waals surface area contributed by atoms with Crippen LogP contribution in [0.4, 0.5) is 11.4 Å². The zero-order chi connectivity index (χ0) is 20.8. The maximum atomic E-state index is 12.5. The van der Waals surface area contributed by atoms with Crippen LogP contribution in [0.1, 0.15) is 15.9 Å². The van der Waals surface area contributed by atoms with Gasteiger partial charge in [-0.3, -0.25) is 14.8 Å². The van der Waals surface area contributed by atoms with E-state index < -0.39 is 0 Å². The number of para-hydroxylation sites is 1. The van der Waals surface area contributed by atoms with Crippen molar-refractivity contribution >= 4 is 28.2 Å². The first kappa shape index (κ1) is 19.4. The third-order valence-corrected chi connectivity index (χ3v) is 4.77. The van der Waals surface area contributed by atoms with E-state index in [9.17, 15) is 4.79 Å². The SMILES string of the molecule is COc1ccc(CCNC(=O)c2cncc(Nc3cccc4cccnc34)c2)cc1. The summed E-state index contributed by atoms with van der Waals surface area (Å²) in [5.41, 5.74) is 4.10. The van der Waals surface area contributed by atoms with Gasteiger partial charge in [-0.15, -0.1) is 0 Å². The Morgan fingerprint density at radius 1 is 1.03 bits per heavy atom. The van der Waals surface area contributed by atoms with Gasteiger partial charge < -0.3 is 15.4 Å². The average Bonchev–Trinajstić information content (AvgIpc) is 2.80. The van der Waals surface area contributed by atoms with E-state index in [1.165, 1.54) is 0 Å². The van der Waals surface area contributed by atoms with Crippen LogP contribution in [-0.2, 0) is 6.42 Å². The minimum atomic E-state index is -0.157. The molecule has 0 aliphatic carbocycles. The molecule has 150 valence electrons. The van der Waals surface area contributed by atoms with Crippen molar-refractivity contribution in [1.82, 2.24) is 15.3 Å². The van der Waals surface area contributed by atoms with Crippen LogP contribution in [0, 0.1) is 0 Å². The van der Waals surface area contributed by atoms with Crippen molar-refractivity contribution in [2.45, 2.75) is 6.42 Å². The van der Waals surface area contributed by atoms with E-state index in [1.54, 1.807) is 31.8 Å². The number of pyridine rings is 2. The molecule has 4 aromatic rings. The van der Waals surface area contributed by atoms with Gasteiger partial charge in [-0.05, 0) is 42.3 Å². The predicted octanol–water partition coefficient (Wildman–Crippen LogP) is 4.35. The number of anilines is 2. The van der Waals surface area contributed by atoms with Gasteiger partial charge in [-0.1, -0.05) is 30.3 Å². The molecule has 0 unspecified atom stereocenters. The van der Waals surface area contributed by atoms with Crippen LogP contribution in [0.15, 0.2) is 79.3 Å². The molecule has 0 bridgehead atoms. The van der Waals surface area contributed by atoms with Gasteiger partial charge in [-0.2, -0.15) is 0 Å². The zero-order valence-electron chi connectivity index (χ0n) is 16.6. The molecule has 2 N–H and O–H groups in total. The Morgan fingerprint density at radius 3 is 2.70 bits per heavy atom. The van der Waals surface area contributed by atoms with Gasteiger partial charge in [0.15, 0.2) is 0 Å². The summed E-state index contributed by atoms with van der Waals surface area (Å²) in [6, 6.07) is 19.5. The highest BCUT2D eigenvalue weighted by Gasteiger charge is 2.08. The summed E-state index contributed by atoms with van der Waals surface area (Å²) in [7, 11) is 1.64. The van der Waals surface area contributed by atoms with Gasteiger partial charge in [0.1, 0.15) is 5.75 Å². The summed E-state index contributed by atoms with van der Waals surface area (Å²) < 4.78 is 5.16. The van der Waals surface area contributed by atoms with Crippen molar-refractivity contribution < 1.29 is 9.53 Å². The highest BCUT2D eigenvalue weighted by Crippen LogP contribution is 2.24. The molecule has 0 atom stereocenters. The quantitative estimate of drug-likeness (QED) is 0.484. The molecule has 6 heteroatoms. The molecule has 1 amide bonds. The maximum absolute atomic E-state index is 12.5. The normalized spacial score (nSPS) is 10.6. The smallest absolute Gasteiger partial charge is 0.252 e. The number of nitrogens with zero attached hydrogens (tertiary/aromatic N) is 2. The third kappa shape index (κ3) is 4.55. The second-order valence-corrected chi connectivity index (χ2v) is 6.82. The molecule has 2 aromatic heterocycles. The average molecular weight is 398 g/mol. The lowest BCUT2D eigenvalue weighted by Gasteiger charge is -2.10.